The Bertz CT molecular complexity index is 689. The second-order valence-electron chi connectivity index (χ2n) is 5.58. The number of thioether (sulfide) groups is 1. The number of rotatable bonds is 10. The van der Waals surface area contributed by atoms with Crippen LogP contribution < -0.4 is 15.9 Å². The number of aromatic nitrogens is 3. The number of nitrogens with one attached hydrogen (secondary N) is 1. The van der Waals surface area contributed by atoms with Crippen molar-refractivity contribution in [2.24, 2.45) is 0 Å². The van der Waals surface area contributed by atoms with E-state index in [-0.39, 0.29) is 11.7 Å². The molecule has 1 heterocycles. The minimum absolute atomic E-state index is 0.0247. The van der Waals surface area contributed by atoms with E-state index in [1.807, 2.05) is 24.3 Å². The Morgan fingerprint density at radius 2 is 2.08 bits per heavy atom. The molecule has 0 aliphatic carbocycles. The number of nitrogens with zero attached hydrogens (tertiary/aromatic N) is 3. The highest BCUT2D eigenvalue weighted by Gasteiger charge is 2.16. The molecule has 25 heavy (non-hydrogen) atoms. The fourth-order valence-corrected chi connectivity index (χ4v) is 3.04. The lowest BCUT2D eigenvalue weighted by Crippen LogP contribution is -2.26. The van der Waals surface area contributed by atoms with Crippen LogP contribution in [0.4, 0.5) is 0 Å². The van der Waals surface area contributed by atoms with E-state index < -0.39 is 0 Å². The fourth-order valence-electron chi connectivity index (χ4n) is 2.35. The summed E-state index contributed by atoms with van der Waals surface area (Å²) in [6.07, 6.45) is 4.54. The van der Waals surface area contributed by atoms with Gasteiger partial charge in [-0.1, -0.05) is 50.1 Å². The lowest BCUT2D eigenvalue weighted by atomic mass is 10.2. The second-order valence-corrected chi connectivity index (χ2v) is 6.52. The van der Waals surface area contributed by atoms with Crippen LogP contribution in [0.25, 0.3) is 11.4 Å². The van der Waals surface area contributed by atoms with Gasteiger partial charge in [-0.15, -0.1) is 10.2 Å². The number of nitrogen functional groups attached to an aromatic ring is 1. The zero-order valence-electron chi connectivity index (χ0n) is 14.7. The fraction of sp³-hybridized carbons (Fsp3) is 0.471. The molecule has 0 fully saturated rings. The molecule has 8 heteroatoms. The predicted molar refractivity (Wildman–Crippen MR) is 100 cm³/mol. The molecule has 0 spiro atoms. The molecule has 1 aromatic heterocycles. The maximum atomic E-state index is 11.9. The minimum Gasteiger partial charge on any atom is -0.496 e. The van der Waals surface area contributed by atoms with Crippen LogP contribution in [-0.2, 0) is 4.79 Å². The van der Waals surface area contributed by atoms with Crippen molar-refractivity contribution >= 4 is 17.7 Å². The second kappa shape index (κ2) is 9.93. The summed E-state index contributed by atoms with van der Waals surface area (Å²) in [4.78, 5) is 11.9. The molecule has 7 nitrogen and oxygen atoms in total. The zero-order chi connectivity index (χ0) is 18.1. The average Bonchev–Trinajstić information content (AvgIpc) is 3.00. The Morgan fingerprint density at radius 3 is 2.84 bits per heavy atom. The molecule has 136 valence electrons. The van der Waals surface area contributed by atoms with Gasteiger partial charge in [0, 0.05) is 6.54 Å². The van der Waals surface area contributed by atoms with E-state index in [9.17, 15) is 4.79 Å². The molecule has 0 aliphatic rings. The quantitative estimate of drug-likeness (QED) is 0.382. The average molecular weight is 363 g/mol. The van der Waals surface area contributed by atoms with E-state index in [0.717, 1.165) is 18.4 Å². The lowest BCUT2D eigenvalue weighted by Gasteiger charge is -2.08. The molecule has 0 bridgehead atoms. The Morgan fingerprint density at radius 1 is 1.28 bits per heavy atom. The molecule has 0 unspecified atom stereocenters. The highest BCUT2D eigenvalue weighted by Crippen LogP contribution is 2.29. The number of amides is 1. The molecule has 0 radical (unpaired) electrons. The lowest BCUT2D eigenvalue weighted by molar-refractivity contribution is -0.118. The van der Waals surface area contributed by atoms with E-state index in [1.165, 1.54) is 29.3 Å². The molecular weight excluding hydrogens is 338 g/mol. The molecule has 0 atom stereocenters. The van der Waals surface area contributed by atoms with E-state index >= 15 is 0 Å². The van der Waals surface area contributed by atoms with Crippen molar-refractivity contribution < 1.29 is 9.53 Å². The van der Waals surface area contributed by atoms with Crippen molar-refractivity contribution in [1.82, 2.24) is 20.2 Å². The number of carbonyl (C=O) groups is 1. The number of methoxy groups -OCH3 is 1. The van der Waals surface area contributed by atoms with Crippen LogP contribution in [0.1, 0.15) is 32.6 Å². The maximum Gasteiger partial charge on any atom is 0.230 e. The van der Waals surface area contributed by atoms with Gasteiger partial charge >= 0.3 is 0 Å². The van der Waals surface area contributed by atoms with Crippen molar-refractivity contribution in [2.45, 2.75) is 37.8 Å². The van der Waals surface area contributed by atoms with Crippen molar-refractivity contribution in [1.29, 1.82) is 0 Å². The smallest absolute Gasteiger partial charge is 0.230 e. The predicted octanol–water partition coefficient (Wildman–Crippen LogP) is 2.46. The summed E-state index contributed by atoms with van der Waals surface area (Å²) in [5.74, 6) is 7.49. The van der Waals surface area contributed by atoms with Crippen LogP contribution in [0, 0.1) is 0 Å². The Labute approximate surface area is 152 Å². The number of hydrogen-bond donors (Lipinski definition) is 2. The third-order valence-corrected chi connectivity index (χ3v) is 4.64. The number of para-hydroxylation sites is 1. The molecular formula is C17H25N5O2S. The topological polar surface area (TPSA) is 95.1 Å². The molecule has 3 N–H and O–H groups in total. The van der Waals surface area contributed by atoms with Gasteiger partial charge in [0.1, 0.15) is 5.75 Å². The first-order valence-corrected chi connectivity index (χ1v) is 9.39. The van der Waals surface area contributed by atoms with Crippen molar-refractivity contribution in [3.8, 4) is 17.1 Å². The Hall–Kier alpha value is -2.22. The summed E-state index contributed by atoms with van der Waals surface area (Å²) in [6.45, 7) is 2.87. The van der Waals surface area contributed by atoms with Gasteiger partial charge in [0.15, 0.2) is 5.82 Å². The van der Waals surface area contributed by atoms with Gasteiger partial charge in [-0.3, -0.25) is 4.79 Å². The third kappa shape index (κ3) is 5.38. The number of nitrogens with two attached hydrogens (primary N) is 1. The van der Waals surface area contributed by atoms with Crippen molar-refractivity contribution in [3.63, 3.8) is 0 Å². The van der Waals surface area contributed by atoms with Crippen LogP contribution in [0.2, 0.25) is 0 Å². The number of carbonyl (C=O) groups excluding carboxylic acids is 1. The standard InChI is InChI=1S/C17H25N5O2S/c1-3-4-5-8-11-19-15(23)12-25-17-21-20-16(22(17)18)13-9-6-7-10-14(13)24-2/h6-7,9-10H,3-5,8,11-12,18H2,1-2H3,(H,19,23). The summed E-state index contributed by atoms with van der Waals surface area (Å²) in [5, 5.41) is 11.6. The maximum absolute atomic E-state index is 11.9. The molecule has 0 saturated carbocycles. The first-order valence-electron chi connectivity index (χ1n) is 8.40. The number of hydrogen-bond acceptors (Lipinski definition) is 6. The largest absolute Gasteiger partial charge is 0.496 e. The molecule has 1 amide bonds. The normalized spacial score (nSPS) is 10.6. The summed E-state index contributed by atoms with van der Waals surface area (Å²) >= 11 is 1.26. The first kappa shape index (κ1) is 19.1. The minimum atomic E-state index is -0.0247. The monoisotopic (exact) mass is 363 g/mol. The zero-order valence-corrected chi connectivity index (χ0v) is 15.5. The molecule has 0 aliphatic heterocycles. The van der Waals surface area contributed by atoms with Crippen molar-refractivity contribution in [3.05, 3.63) is 24.3 Å². The van der Waals surface area contributed by atoms with Crippen LogP contribution in [0.3, 0.4) is 0 Å². The summed E-state index contributed by atoms with van der Waals surface area (Å²) < 4.78 is 6.71. The van der Waals surface area contributed by atoms with Gasteiger partial charge in [-0.05, 0) is 18.6 Å². The van der Waals surface area contributed by atoms with Gasteiger partial charge in [0.25, 0.3) is 0 Å². The summed E-state index contributed by atoms with van der Waals surface area (Å²) in [7, 11) is 1.59. The van der Waals surface area contributed by atoms with Crippen LogP contribution in [-0.4, -0.2) is 40.2 Å². The van der Waals surface area contributed by atoms with E-state index in [0.29, 0.717) is 23.3 Å². The first-order chi connectivity index (χ1) is 12.2. The molecule has 2 aromatic rings. The summed E-state index contributed by atoms with van der Waals surface area (Å²) in [5.41, 5.74) is 0.757. The van der Waals surface area contributed by atoms with E-state index in [2.05, 4.69) is 22.4 Å². The van der Waals surface area contributed by atoms with Crippen molar-refractivity contribution in [2.75, 3.05) is 25.3 Å². The van der Waals surface area contributed by atoms with E-state index in [1.54, 1.807) is 7.11 Å². The van der Waals surface area contributed by atoms with Crippen LogP contribution in [0.5, 0.6) is 5.75 Å². The Kier molecular flexibility index (Phi) is 7.59. The third-order valence-electron chi connectivity index (χ3n) is 3.70. The molecule has 2 rings (SSSR count). The summed E-state index contributed by atoms with van der Waals surface area (Å²) in [6, 6.07) is 7.46. The van der Waals surface area contributed by atoms with Gasteiger partial charge in [-0.25, -0.2) is 4.68 Å². The van der Waals surface area contributed by atoms with Gasteiger partial charge < -0.3 is 15.9 Å². The SMILES string of the molecule is CCCCCCNC(=O)CSc1nnc(-c2ccccc2OC)n1N. The van der Waals surface area contributed by atoms with Crippen LogP contribution in [0.15, 0.2) is 29.4 Å². The van der Waals surface area contributed by atoms with Gasteiger partial charge in [0.05, 0.1) is 18.4 Å². The number of unbranched alkanes of at least 4 members (excludes halogenated alkanes) is 3. The number of benzene rings is 1. The highest BCUT2D eigenvalue weighted by molar-refractivity contribution is 7.99. The number of ether oxygens (including phenoxy) is 1. The Balaban J connectivity index is 1.90. The van der Waals surface area contributed by atoms with E-state index in [4.69, 9.17) is 10.6 Å². The van der Waals surface area contributed by atoms with Gasteiger partial charge in [-0.2, -0.15) is 0 Å². The highest BCUT2D eigenvalue weighted by atomic mass is 32.2. The van der Waals surface area contributed by atoms with Gasteiger partial charge in [0.2, 0.25) is 11.1 Å². The van der Waals surface area contributed by atoms with Crippen LogP contribution >= 0.6 is 11.8 Å². The molecule has 0 saturated heterocycles. The molecule has 1 aromatic carbocycles.